The first kappa shape index (κ1) is 13.9. The SMILES string of the molecule is O=C(O)c1ccc2c(c1)N(C(=O)N1CCC(CO)C1)CC2. The number of urea groups is 1. The minimum atomic E-state index is -0.987. The second-order valence-corrected chi connectivity index (χ2v) is 5.62. The van der Waals surface area contributed by atoms with Gasteiger partial charge in [-0.15, -0.1) is 0 Å². The molecule has 2 aliphatic heterocycles. The molecule has 1 fully saturated rings. The number of rotatable bonds is 2. The van der Waals surface area contributed by atoms with Gasteiger partial charge in [0.15, 0.2) is 0 Å². The molecule has 1 unspecified atom stereocenters. The molecule has 1 atom stereocenters. The molecule has 2 aliphatic rings. The highest BCUT2D eigenvalue weighted by molar-refractivity contribution is 5.97. The number of aromatic carboxylic acids is 1. The number of fused-ring (bicyclic) bond motifs is 1. The van der Waals surface area contributed by atoms with Crippen LogP contribution in [0.5, 0.6) is 0 Å². The highest BCUT2D eigenvalue weighted by Gasteiger charge is 2.33. The van der Waals surface area contributed by atoms with Crippen molar-refractivity contribution in [2.45, 2.75) is 12.8 Å². The average molecular weight is 290 g/mol. The van der Waals surface area contributed by atoms with Crippen molar-refractivity contribution in [2.75, 3.05) is 31.1 Å². The summed E-state index contributed by atoms with van der Waals surface area (Å²) in [4.78, 5) is 27.0. The van der Waals surface area contributed by atoms with E-state index in [1.54, 1.807) is 28.0 Å². The zero-order chi connectivity index (χ0) is 15.0. The van der Waals surface area contributed by atoms with Gasteiger partial charge in [-0.2, -0.15) is 0 Å². The van der Waals surface area contributed by atoms with E-state index in [-0.39, 0.29) is 24.1 Å². The van der Waals surface area contributed by atoms with Gasteiger partial charge in [0, 0.05) is 37.8 Å². The molecule has 0 aromatic heterocycles. The number of nitrogens with zero attached hydrogens (tertiary/aromatic N) is 2. The number of likely N-dealkylation sites (tertiary alicyclic amines) is 1. The third-order valence-corrected chi connectivity index (χ3v) is 4.27. The molecule has 2 N–H and O–H groups in total. The normalized spacial score (nSPS) is 20.7. The lowest BCUT2D eigenvalue weighted by atomic mass is 10.1. The van der Waals surface area contributed by atoms with Gasteiger partial charge in [-0.3, -0.25) is 4.90 Å². The standard InChI is InChI=1S/C15H18N2O4/c18-9-10-3-5-16(8-10)15(21)17-6-4-11-1-2-12(14(19)20)7-13(11)17/h1-2,7,10,18H,3-6,8-9H2,(H,19,20). The van der Waals surface area contributed by atoms with E-state index < -0.39 is 5.97 Å². The maximum atomic E-state index is 12.6. The van der Waals surface area contributed by atoms with Crippen molar-refractivity contribution >= 4 is 17.7 Å². The highest BCUT2D eigenvalue weighted by Crippen LogP contribution is 2.31. The van der Waals surface area contributed by atoms with Gasteiger partial charge < -0.3 is 15.1 Å². The van der Waals surface area contributed by atoms with Gasteiger partial charge in [-0.1, -0.05) is 6.07 Å². The van der Waals surface area contributed by atoms with Crippen LogP contribution < -0.4 is 4.90 Å². The molecule has 0 aliphatic carbocycles. The van der Waals surface area contributed by atoms with Crippen LogP contribution in [0.4, 0.5) is 10.5 Å². The molecule has 3 rings (SSSR count). The Morgan fingerprint density at radius 2 is 2.10 bits per heavy atom. The number of hydrogen-bond donors (Lipinski definition) is 2. The number of amides is 2. The summed E-state index contributed by atoms with van der Waals surface area (Å²) in [7, 11) is 0. The Labute approximate surface area is 122 Å². The summed E-state index contributed by atoms with van der Waals surface area (Å²) in [6.45, 7) is 1.90. The number of aliphatic hydroxyl groups excluding tert-OH is 1. The Kier molecular flexibility index (Phi) is 3.55. The second-order valence-electron chi connectivity index (χ2n) is 5.62. The summed E-state index contributed by atoms with van der Waals surface area (Å²) in [5.41, 5.74) is 1.90. The van der Waals surface area contributed by atoms with Crippen molar-refractivity contribution in [2.24, 2.45) is 5.92 Å². The van der Waals surface area contributed by atoms with Crippen LogP contribution in [-0.2, 0) is 6.42 Å². The highest BCUT2D eigenvalue weighted by atomic mass is 16.4. The molecule has 21 heavy (non-hydrogen) atoms. The summed E-state index contributed by atoms with van der Waals surface area (Å²) >= 11 is 0. The number of benzene rings is 1. The Balaban J connectivity index is 1.82. The zero-order valence-corrected chi connectivity index (χ0v) is 11.7. The lowest BCUT2D eigenvalue weighted by Gasteiger charge is -2.25. The van der Waals surface area contributed by atoms with Crippen LogP contribution in [0, 0.1) is 5.92 Å². The first-order chi connectivity index (χ1) is 10.1. The van der Waals surface area contributed by atoms with E-state index in [1.807, 2.05) is 0 Å². The van der Waals surface area contributed by atoms with Gasteiger partial charge in [0.25, 0.3) is 0 Å². The molecule has 2 amide bonds. The van der Waals surface area contributed by atoms with Crippen molar-refractivity contribution < 1.29 is 19.8 Å². The zero-order valence-electron chi connectivity index (χ0n) is 11.7. The Morgan fingerprint density at radius 3 is 2.76 bits per heavy atom. The summed E-state index contributed by atoms with van der Waals surface area (Å²) < 4.78 is 0. The topological polar surface area (TPSA) is 81.1 Å². The minimum absolute atomic E-state index is 0.0905. The lowest BCUT2D eigenvalue weighted by Crippen LogP contribution is -2.41. The fourth-order valence-corrected chi connectivity index (χ4v) is 3.04. The summed E-state index contributed by atoms with van der Waals surface area (Å²) in [5, 5.41) is 18.2. The molecule has 1 aromatic rings. The minimum Gasteiger partial charge on any atom is -0.478 e. The smallest absolute Gasteiger partial charge is 0.335 e. The number of anilines is 1. The third kappa shape index (κ3) is 2.47. The van der Waals surface area contributed by atoms with E-state index >= 15 is 0 Å². The third-order valence-electron chi connectivity index (χ3n) is 4.27. The molecule has 1 aromatic carbocycles. The number of hydrogen-bond acceptors (Lipinski definition) is 3. The van der Waals surface area contributed by atoms with Crippen LogP contribution in [0.15, 0.2) is 18.2 Å². The summed E-state index contributed by atoms with van der Waals surface area (Å²) in [6.07, 6.45) is 1.57. The van der Waals surface area contributed by atoms with E-state index in [9.17, 15) is 9.59 Å². The Bertz CT molecular complexity index is 587. The second kappa shape index (κ2) is 5.37. The number of aliphatic hydroxyl groups is 1. The van der Waals surface area contributed by atoms with Crippen LogP contribution >= 0.6 is 0 Å². The maximum absolute atomic E-state index is 12.6. The summed E-state index contributed by atoms with van der Waals surface area (Å²) in [5.74, 6) is -0.833. The van der Waals surface area contributed by atoms with Gasteiger partial charge in [0.2, 0.25) is 0 Å². The van der Waals surface area contributed by atoms with Crippen LogP contribution in [-0.4, -0.2) is 53.4 Å². The van der Waals surface area contributed by atoms with E-state index in [4.69, 9.17) is 10.2 Å². The van der Waals surface area contributed by atoms with Gasteiger partial charge in [0.05, 0.1) is 5.56 Å². The predicted octanol–water partition coefficient (Wildman–Crippen LogP) is 1.18. The Hall–Kier alpha value is -2.08. The van der Waals surface area contributed by atoms with Crippen molar-refractivity contribution in [3.8, 4) is 0 Å². The van der Waals surface area contributed by atoms with E-state index in [0.29, 0.717) is 25.3 Å². The Morgan fingerprint density at radius 1 is 1.29 bits per heavy atom. The molecule has 2 heterocycles. The van der Waals surface area contributed by atoms with E-state index in [1.165, 1.54) is 0 Å². The molecule has 6 heteroatoms. The molecule has 0 radical (unpaired) electrons. The average Bonchev–Trinajstić information content (AvgIpc) is 3.12. The fourth-order valence-electron chi connectivity index (χ4n) is 3.04. The van der Waals surface area contributed by atoms with Crippen molar-refractivity contribution in [1.29, 1.82) is 0 Å². The van der Waals surface area contributed by atoms with Gasteiger partial charge in [-0.05, 0) is 30.5 Å². The summed E-state index contributed by atoms with van der Waals surface area (Å²) in [6, 6.07) is 4.84. The number of carbonyl (C=O) groups excluding carboxylic acids is 1. The van der Waals surface area contributed by atoms with Crippen LogP contribution in [0.25, 0.3) is 0 Å². The molecular formula is C15H18N2O4. The molecule has 6 nitrogen and oxygen atoms in total. The molecular weight excluding hydrogens is 272 g/mol. The molecule has 0 spiro atoms. The quantitative estimate of drug-likeness (QED) is 0.857. The van der Waals surface area contributed by atoms with Gasteiger partial charge in [0.1, 0.15) is 0 Å². The largest absolute Gasteiger partial charge is 0.478 e. The number of carboxylic acid groups (broad SMARTS) is 1. The maximum Gasteiger partial charge on any atom is 0.335 e. The fraction of sp³-hybridized carbons (Fsp3) is 0.467. The van der Waals surface area contributed by atoms with E-state index in [2.05, 4.69) is 0 Å². The molecule has 0 saturated carbocycles. The van der Waals surface area contributed by atoms with Crippen molar-refractivity contribution in [1.82, 2.24) is 4.90 Å². The van der Waals surface area contributed by atoms with Crippen molar-refractivity contribution in [3.05, 3.63) is 29.3 Å². The number of carboxylic acids is 1. The van der Waals surface area contributed by atoms with Crippen LogP contribution in [0.2, 0.25) is 0 Å². The molecule has 112 valence electrons. The number of carbonyl (C=O) groups is 2. The van der Waals surface area contributed by atoms with Crippen LogP contribution in [0.3, 0.4) is 0 Å². The lowest BCUT2D eigenvalue weighted by molar-refractivity contribution is 0.0697. The van der Waals surface area contributed by atoms with Crippen molar-refractivity contribution in [3.63, 3.8) is 0 Å². The van der Waals surface area contributed by atoms with Gasteiger partial charge >= 0.3 is 12.0 Å². The van der Waals surface area contributed by atoms with Crippen LogP contribution in [0.1, 0.15) is 22.3 Å². The monoisotopic (exact) mass is 290 g/mol. The molecule has 0 bridgehead atoms. The molecule has 1 saturated heterocycles. The first-order valence-corrected chi connectivity index (χ1v) is 7.13. The first-order valence-electron chi connectivity index (χ1n) is 7.13. The predicted molar refractivity (Wildman–Crippen MR) is 76.6 cm³/mol. The van der Waals surface area contributed by atoms with E-state index in [0.717, 1.165) is 18.4 Å². The van der Waals surface area contributed by atoms with Gasteiger partial charge in [-0.25, -0.2) is 9.59 Å².